The zero-order valence-corrected chi connectivity index (χ0v) is 27.3. The molecular formula is C37H46FN5O3. The first-order valence-electron chi connectivity index (χ1n) is 16.8. The summed E-state index contributed by atoms with van der Waals surface area (Å²) in [4.78, 5) is 28.4. The zero-order valence-electron chi connectivity index (χ0n) is 27.3. The van der Waals surface area contributed by atoms with Gasteiger partial charge in [-0.05, 0) is 107 Å². The van der Waals surface area contributed by atoms with Crippen LogP contribution in [0.25, 0.3) is 17.2 Å². The minimum absolute atomic E-state index is 0.108. The second-order valence-electron chi connectivity index (χ2n) is 13.6. The number of carbonyl (C=O) groups is 2. The van der Waals surface area contributed by atoms with Gasteiger partial charge < -0.3 is 9.64 Å². The molecule has 244 valence electrons. The molecule has 0 aliphatic heterocycles. The topological polar surface area (TPSA) is 82.2 Å². The number of aromatic nitrogens is 4. The lowest BCUT2D eigenvalue weighted by Gasteiger charge is -2.36. The Morgan fingerprint density at radius 2 is 1.72 bits per heavy atom. The number of rotatable bonds is 10. The van der Waals surface area contributed by atoms with E-state index in [4.69, 9.17) is 4.74 Å². The van der Waals surface area contributed by atoms with Crippen molar-refractivity contribution < 1.29 is 18.7 Å². The monoisotopic (exact) mass is 627 g/mol. The lowest BCUT2D eigenvalue weighted by atomic mass is 9.78. The molecule has 46 heavy (non-hydrogen) atoms. The van der Waals surface area contributed by atoms with Gasteiger partial charge in [-0.3, -0.25) is 19.0 Å². The Hall–Kier alpha value is -4.01. The Balaban J connectivity index is 1.15. The van der Waals surface area contributed by atoms with Gasteiger partial charge in [0.25, 0.3) is 0 Å². The maximum atomic E-state index is 14.3. The number of nitrogens with zero attached hydrogens (tertiary/aromatic N) is 5. The summed E-state index contributed by atoms with van der Waals surface area (Å²) in [5.41, 5.74) is 5.39. The first kappa shape index (κ1) is 32.0. The van der Waals surface area contributed by atoms with Crippen molar-refractivity contribution in [2.75, 3.05) is 18.6 Å². The van der Waals surface area contributed by atoms with E-state index in [0.29, 0.717) is 55.7 Å². The van der Waals surface area contributed by atoms with Gasteiger partial charge in [0.05, 0.1) is 31.0 Å². The van der Waals surface area contributed by atoms with Crippen LogP contribution in [0.15, 0.2) is 54.9 Å². The second kappa shape index (κ2) is 13.8. The van der Waals surface area contributed by atoms with E-state index in [1.54, 1.807) is 18.7 Å². The lowest BCUT2D eigenvalue weighted by molar-refractivity contribution is -0.147. The van der Waals surface area contributed by atoms with Crippen LogP contribution >= 0.6 is 0 Å². The summed E-state index contributed by atoms with van der Waals surface area (Å²) in [6.07, 6.45) is 17.1. The van der Waals surface area contributed by atoms with Crippen molar-refractivity contribution >= 4 is 23.6 Å². The summed E-state index contributed by atoms with van der Waals surface area (Å²) in [6.45, 7) is 6.76. The summed E-state index contributed by atoms with van der Waals surface area (Å²) >= 11 is 0. The quantitative estimate of drug-likeness (QED) is 0.172. The number of amides is 1. The molecule has 6 rings (SSSR count). The molecule has 3 aliphatic carbocycles. The number of methoxy groups -OCH3 is 1. The first-order valence-corrected chi connectivity index (χ1v) is 16.8. The molecular weight excluding hydrogens is 581 g/mol. The van der Waals surface area contributed by atoms with Crippen LogP contribution in [0.5, 0.6) is 0 Å². The van der Waals surface area contributed by atoms with E-state index < -0.39 is 5.95 Å². The number of hydrogen-bond acceptors (Lipinski definition) is 5. The predicted molar refractivity (Wildman–Crippen MR) is 177 cm³/mol. The maximum Gasteiger partial charge on any atom is 0.308 e. The van der Waals surface area contributed by atoms with E-state index in [9.17, 15) is 14.0 Å². The summed E-state index contributed by atoms with van der Waals surface area (Å²) < 4.78 is 22.5. The molecule has 1 aromatic carbocycles. The number of ether oxygens (including phenoxy) is 1. The van der Waals surface area contributed by atoms with Crippen LogP contribution in [0.2, 0.25) is 0 Å². The van der Waals surface area contributed by atoms with Gasteiger partial charge in [-0.25, -0.2) is 0 Å². The molecule has 0 bridgehead atoms. The highest BCUT2D eigenvalue weighted by Crippen LogP contribution is 2.38. The SMILES string of the molecule is C=C(/C=C\c1c(C)c(F)nn1C)C1CCC(CN(C(=O)C2CCC(C(=O)OC)CC2)c2cccc(-c3cnn(C4CC4)c3)c2)CC1. The fourth-order valence-corrected chi connectivity index (χ4v) is 7.30. The highest BCUT2D eigenvalue weighted by atomic mass is 19.1. The number of halogens is 1. The molecule has 0 N–H and O–H groups in total. The minimum Gasteiger partial charge on any atom is -0.469 e. The summed E-state index contributed by atoms with van der Waals surface area (Å²) in [5.74, 6) is 0.0481. The third-order valence-electron chi connectivity index (χ3n) is 10.4. The van der Waals surface area contributed by atoms with Crippen molar-refractivity contribution in [1.82, 2.24) is 19.6 Å². The zero-order chi connectivity index (χ0) is 32.4. The number of hydrogen-bond donors (Lipinski definition) is 0. The molecule has 3 aromatic rings. The van der Waals surface area contributed by atoms with Crippen molar-refractivity contribution in [2.24, 2.45) is 30.7 Å². The third-order valence-corrected chi connectivity index (χ3v) is 10.4. The summed E-state index contributed by atoms with van der Waals surface area (Å²) in [6, 6.07) is 8.82. The van der Waals surface area contributed by atoms with E-state index in [2.05, 4.69) is 39.8 Å². The fraction of sp³-hybridized carbons (Fsp3) is 0.514. The van der Waals surface area contributed by atoms with Gasteiger partial charge >= 0.3 is 5.97 Å². The van der Waals surface area contributed by atoms with Gasteiger partial charge in [0.15, 0.2) is 0 Å². The number of benzene rings is 1. The van der Waals surface area contributed by atoms with Crippen molar-refractivity contribution in [3.63, 3.8) is 0 Å². The number of anilines is 1. The van der Waals surface area contributed by atoms with Gasteiger partial charge in [-0.15, -0.1) is 5.10 Å². The molecule has 2 heterocycles. The number of esters is 1. The van der Waals surface area contributed by atoms with E-state index in [1.165, 1.54) is 20.0 Å². The van der Waals surface area contributed by atoms with Gasteiger partial charge in [-0.2, -0.15) is 9.49 Å². The van der Waals surface area contributed by atoms with Gasteiger partial charge in [0.1, 0.15) is 0 Å². The molecule has 9 heteroatoms. The van der Waals surface area contributed by atoms with E-state index in [0.717, 1.165) is 53.8 Å². The van der Waals surface area contributed by atoms with Crippen LogP contribution in [0.3, 0.4) is 0 Å². The van der Waals surface area contributed by atoms with Crippen LogP contribution < -0.4 is 4.90 Å². The second-order valence-corrected chi connectivity index (χ2v) is 13.6. The van der Waals surface area contributed by atoms with Crippen LogP contribution in [0.1, 0.15) is 81.5 Å². The standard InChI is InChI=1S/C37H46FN5O3/c1-24(8-19-34-25(2)35(38)40-41(34)3)27-11-9-26(10-12-27)22-42(36(44)28-13-15-29(16-14-28)37(45)46-4)33-7-5-6-30(20-33)31-21-39-43(23-31)32-17-18-32/h5-8,19-21,23,26-29,32H,1,9-18,22H2,2-4H3/b19-8-. The van der Waals surface area contributed by atoms with Gasteiger partial charge in [-0.1, -0.05) is 30.4 Å². The average molecular weight is 628 g/mol. The predicted octanol–water partition coefficient (Wildman–Crippen LogP) is 7.45. The Morgan fingerprint density at radius 1 is 1.02 bits per heavy atom. The summed E-state index contributed by atoms with van der Waals surface area (Å²) in [5, 5.41) is 8.46. The van der Waals surface area contributed by atoms with Crippen LogP contribution in [-0.4, -0.2) is 45.1 Å². The Labute approximate surface area is 271 Å². The normalized spacial score (nSPS) is 23.4. The molecule has 2 aromatic heterocycles. The molecule has 1 amide bonds. The smallest absolute Gasteiger partial charge is 0.308 e. The summed E-state index contributed by atoms with van der Waals surface area (Å²) in [7, 11) is 3.18. The molecule has 3 fully saturated rings. The lowest BCUT2D eigenvalue weighted by Crippen LogP contribution is -2.42. The Morgan fingerprint density at radius 3 is 2.37 bits per heavy atom. The minimum atomic E-state index is -0.442. The van der Waals surface area contributed by atoms with Crippen LogP contribution in [0, 0.1) is 36.5 Å². The number of aryl methyl sites for hydroxylation is 1. The molecule has 0 spiro atoms. The maximum absolute atomic E-state index is 14.3. The van der Waals surface area contributed by atoms with Crippen molar-refractivity contribution in [2.45, 2.75) is 77.2 Å². The van der Waals surface area contributed by atoms with E-state index in [-0.39, 0.29) is 23.7 Å². The molecule has 0 unspecified atom stereocenters. The van der Waals surface area contributed by atoms with Crippen molar-refractivity contribution in [3.8, 4) is 11.1 Å². The highest BCUT2D eigenvalue weighted by molar-refractivity contribution is 5.96. The third kappa shape index (κ3) is 7.03. The van der Waals surface area contributed by atoms with E-state index in [1.807, 2.05) is 35.4 Å². The molecule has 3 aliphatic rings. The Kier molecular flexibility index (Phi) is 9.57. The van der Waals surface area contributed by atoms with Gasteiger partial charge in [0.2, 0.25) is 11.9 Å². The van der Waals surface area contributed by atoms with Crippen molar-refractivity contribution in [1.29, 1.82) is 0 Å². The van der Waals surface area contributed by atoms with Crippen molar-refractivity contribution in [3.05, 3.63) is 72.1 Å². The average Bonchev–Trinajstić information content (AvgIpc) is 3.76. The number of carbonyl (C=O) groups excluding carboxylic acids is 2. The van der Waals surface area contributed by atoms with E-state index >= 15 is 0 Å². The number of allylic oxidation sites excluding steroid dienone is 2. The molecule has 8 nitrogen and oxygen atoms in total. The Bertz CT molecular complexity index is 1600. The molecule has 0 radical (unpaired) electrons. The molecule has 0 atom stereocenters. The van der Waals surface area contributed by atoms with Gasteiger partial charge in [0, 0.05) is 42.5 Å². The van der Waals surface area contributed by atoms with Crippen LogP contribution in [0.4, 0.5) is 10.1 Å². The highest BCUT2D eigenvalue weighted by Gasteiger charge is 2.35. The first-order chi connectivity index (χ1) is 22.2. The van der Waals surface area contributed by atoms with Crippen LogP contribution in [-0.2, 0) is 21.4 Å². The fourth-order valence-electron chi connectivity index (χ4n) is 7.30. The molecule has 0 saturated heterocycles. The molecule has 3 saturated carbocycles. The largest absolute Gasteiger partial charge is 0.469 e.